The monoisotopic (exact) mass is 201 g/mol. The Bertz CT molecular complexity index is 178. The van der Waals surface area contributed by atoms with E-state index in [1.807, 2.05) is 6.79 Å². The Hall–Kier alpha value is -1.16. The summed E-state index contributed by atoms with van der Waals surface area (Å²) in [6, 6.07) is -0.0518. The quantitative estimate of drug-likeness (QED) is 0.542. The number of carbonyl (C=O) groups is 2. The molecule has 0 aromatic rings. The molecule has 0 heterocycles. The molecule has 0 bridgehead atoms. The number of ether oxygens (including phenoxy) is 1. The van der Waals surface area contributed by atoms with Gasteiger partial charge in [-0.15, -0.1) is 0 Å². The molecule has 0 aliphatic heterocycles. The molecule has 14 heavy (non-hydrogen) atoms. The highest BCUT2D eigenvalue weighted by atomic mass is 16.5. The van der Waals surface area contributed by atoms with Crippen molar-refractivity contribution in [3.05, 3.63) is 12.2 Å². The van der Waals surface area contributed by atoms with Crippen molar-refractivity contribution in [2.75, 3.05) is 7.11 Å². The average molecular weight is 201 g/mol. The smallest absolute Gasteiger partial charge is 0.330 e. The van der Waals surface area contributed by atoms with Crippen molar-refractivity contribution in [1.29, 1.82) is 0 Å². The molecule has 0 fully saturated rings. The van der Waals surface area contributed by atoms with Crippen LogP contribution in [0.4, 0.5) is 0 Å². The van der Waals surface area contributed by atoms with Crippen LogP contribution in [0.2, 0.25) is 0 Å². The van der Waals surface area contributed by atoms with Crippen LogP contribution in [0.15, 0.2) is 12.2 Å². The summed E-state index contributed by atoms with van der Waals surface area (Å²) in [5.41, 5.74) is 5.68. The molecular formula is C10H19NO3. The molecule has 0 aromatic carbocycles. The average Bonchev–Trinajstić information content (AvgIpc) is 2.16. The first-order chi connectivity index (χ1) is 6.56. The maximum absolute atomic E-state index is 10.6. The largest absolute Gasteiger partial charge is 0.466 e. The second-order valence-corrected chi connectivity index (χ2v) is 3.18. The predicted octanol–water partition coefficient (Wildman–Crippen LogP) is 0.904. The normalized spacial score (nSPS) is 12.1. The van der Waals surface area contributed by atoms with Crippen LogP contribution in [-0.2, 0) is 14.3 Å². The summed E-state index contributed by atoms with van der Waals surface area (Å²) in [5.74, 6) is 0.191. The molecule has 0 aromatic heterocycles. The molecule has 0 spiro atoms. The SMILES string of the molecule is C=O.COC(=O)/C=C/[C@@H](N)CC(C)C. The maximum atomic E-state index is 10.6. The molecule has 4 heteroatoms. The predicted molar refractivity (Wildman–Crippen MR) is 55.7 cm³/mol. The Kier molecular flexibility index (Phi) is 10.9. The first-order valence-electron chi connectivity index (χ1n) is 4.37. The van der Waals surface area contributed by atoms with Crippen LogP contribution in [0.3, 0.4) is 0 Å². The van der Waals surface area contributed by atoms with Crippen molar-refractivity contribution in [1.82, 2.24) is 0 Å². The van der Waals surface area contributed by atoms with Gasteiger partial charge in [-0.25, -0.2) is 4.79 Å². The van der Waals surface area contributed by atoms with Gasteiger partial charge in [0.05, 0.1) is 7.11 Å². The van der Waals surface area contributed by atoms with E-state index >= 15 is 0 Å². The van der Waals surface area contributed by atoms with Gasteiger partial charge in [0.15, 0.2) is 0 Å². The number of hydrogen-bond donors (Lipinski definition) is 1. The maximum Gasteiger partial charge on any atom is 0.330 e. The third-order valence-corrected chi connectivity index (χ3v) is 1.42. The lowest BCUT2D eigenvalue weighted by Crippen LogP contribution is -2.19. The Morgan fingerprint density at radius 1 is 1.50 bits per heavy atom. The number of rotatable bonds is 4. The fourth-order valence-electron chi connectivity index (χ4n) is 0.893. The number of nitrogens with two attached hydrogens (primary N) is 1. The van der Waals surface area contributed by atoms with Crippen LogP contribution >= 0.6 is 0 Å². The fourth-order valence-corrected chi connectivity index (χ4v) is 0.893. The third-order valence-electron chi connectivity index (χ3n) is 1.42. The molecule has 0 amide bonds. The van der Waals surface area contributed by atoms with Gasteiger partial charge in [-0.05, 0) is 12.3 Å². The van der Waals surface area contributed by atoms with Crippen LogP contribution in [-0.4, -0.2) is 25.9 Å². The van der Waals surface area contributed by atoms with Crippen LogP contribution in [0, 0.1) is 5.92 Å². The van der Waals surface area contributed by atoms with Gasteiger partial charge < -0.3 is 15.3 Å². The number of hydrogen-bond acceptors (Lipinski definition) is 4. The Labute approximate surface area is 85.1 Å². The van der Waals surface area contributed by atoms with Crippen molar-refractivity contribution < 1.29 is 14.3 Å². The van der Waals surface area contributed by atoms with Gasteiger partial charge in [0.25, 0.3) is 0 Å². The first-order valence-corrected chi connectivity index (χ1v) is 4.37. The number of esters is 1. The number of carbonyl (C=O) groups excluding carboxylic acids is 2. The molecule has 0 saturated heterocycles. The third kappa shape index (κ3) is 10.8. The molecule has 1 atom stereocenters. The van der Waals surface area contributed by atoms with Gasteiger partial charge >= 0.3 is 5.97 Å². The summed E-state index contributed by atoms with van der Waals surface area (Å²) in [6.45, 7) is 6.18. The van der Waals surface area contributed by atoms with Crippen LogP contribution in [0.5, 0.6) is 0 Å². The topological polar surface area (TPSA) is 69.4 Å². The van der Waals surface area contributed by atoms with Gasteiger partial charge in [-0.2, -0.15) is 0 Å². The lowest BCUT2D eigenvalue weighted by atomic mass is 10.0. The van der Waals surface area contributed by atoms with Crippen LogP contribution in [0.1, 0.15) is 20.3 Å². The Balaban J connectivity index is 0. The molecule has 4 nitrogen and oxygen atoms in total. The molecule has 82 valence electrons. The van der Waals surface area contributed by atoms with E-state index in [-0.39, 0.29) is 12.0 Å². The zero-order valence-corrected chi connectivity index (χ0v) is 9.03. The summed E-state index contributed by atoms with van der Waals surface area (Å²) in [6.07, 6.45) is 3.92. The molecule has 0 aliphatic rings. The van der Waals surface area contributed by atoms with Crippen molar-refractivity contribution in [2.45, 2.75) is 26.3 Å². The molecule has 0 unspecified atom stereocenters. The standard InChI is InChI=1S/C9H17NO2.CH2O/c1-7(2)6-8(10)4-5-9(11)12-3;1-2/h4-5,7-8H,6,10H2,1-3H3;1H2/b5-4+;/t8-;/m1./s1. The first kappa shape index (κ1) is 15.3. The van der Waals surface area contributed by atoms with Crippen molar-refractivity contribution in [3.8, 4) is 0 Å². The number of methoxy groups -OCH3 is 1. The van der Waals surface area contributed by atoms with E-state index < -0.39 is 0 Å². The second kappa shape index (κ2) is 9.92. The minimum atomic E-state index is -0.353. The molecule has 2 N–H and O–H groups in total. The van der Waals surface area contributed by atoms with Gasteiger partial charge in [0.1, 0.15) is 6.79 Å². The van der Waals surface area contributed by atoms with E-state index in [0.717, 1.165) is 6.42 Å². The Morgan fingerprint density at radius 2 is 2.00 bits per heavy atom. The van der Waals surface area contributed by atoms with Crippen LogP contribution < -0.4 is 5.73 Å². The van der Waals surface area contributed by atoms with Gasteiger partial charge in [0, 0.05) is 12.1 Å². The summed E-state index contributed by atoms with van der Waals surface area (Å²) >= 11 is 0. The van der Waals surface area contributed by atoms with Crippen molar-refractivity contribution in [2.24, 2.45) is 11.7 Å². The fraction of sp³-hybridized carbons (Fsp3) is 0.600. The van der Waals surface area contributed by atoms with Crippen molar-refractivity contribution in [3.63, 3.8) is 0 Å². The van der Waals surface area contributed by atoms with E-state index in [1.54, 1.807) is 6.08 Å². The minimum Gasteiger partial charge on any atom is -0.466 e. The summed E-state index contributed by atoms with van der Waals surface area (Å²) in [5, 5.41) is 0. The second-order valence-electron chi connectivity index (χ2n) is 3.18. The minimum absolute atomic E-state index is 0.0518. The molecule has 0 radical (unpaired) electrons. The molecular weight excluding hydrogens is 182 g/mol. The highest BCUT2D eigenvalue weighted by molar-refractivity contribution is 5.81. The zero-order valence-electron chi connectivity index (χ0n) is 9.03. The highest BCUT2D eigenvalue weighted by Crippen LogP contribution is 2.03. The molecule has 0 aliphatic carbocycles. The highest BCUT2D eigenvalue weighted by Gasteiger charge is 2.01. The van der Waals surface area contributed by atoms with E-state index in [4.69, 9.17) is 10.5 Å². The summed E-state index contributed by atoms with van der Waals surface area (Å²) in [4.78, 5) is 18.6. The van der Waals surface area contributed by atoms with Gasteiger partial charge in [0.2, 0.25) is 0 Å². The van der Waals surface area contributed by atoms with E-state index in [9.17, 15) is 4.79 Å². The zero-order chi connectivity index (χ0) is 11.6. The van der Waals surface area contributed by atoms with Gasteiger partial charge in [-0.1, -0.05) is 19.9 Å². The molecule has 0 saturated carbocycles. The van der Waals surface area contributed by atoms with Crippen LogP contribution in [0.25, 0.3) is 0 Å². The van der Waals surface area contributed by atoms with E-state index in [2.05, 4.69) is 18.6 Å². The van der Waals surface area contributed by atoms with Crippen molar-refractivity contribution >= 4 is 12.8 Å². The lowest BCUT2D eigenvalue weighted by Gasteiger charge is -2.08. The van der Waals surface area contributed by atoms with E-state index in [1.165, 1.54) is 13.2 Å². The Morgan fingerprint density at radius 3 is 2.36 bits per heavy atom. The van der Waals surface area contributed by atoms with Gasteiger partial charge in [-0.3, -0.25) is 0 Å². The summed E-state index contributed by atoms with van der Waals surface area (Å²) in [7, 11) is 1.35. The van der Waals surface area contributed by atoms with E-state index in [0.29, 0.717) is 5.92 Å². The molecule has 0 rings (SSSR count). The lowest BCUT2D eigenvalue weighted by molar-refractivity contribution is -0.134. The summed E-state index contributed by atoms with van der Waals surface area (Å²) < 4.78 is 4.42.